The van der Waals surface area contributed by atoms with Crippen LogP contribution in [0.3, 0.4) is 0 Å². The van der Waals surface area contributed by atoms with E-state index in [0.29, 0.717) is 61.9 Å². The van der Waals surface area contributed by atoms with E-state index in [1.807, 2.05) is 53.0 Å². The summed E-state index contributed by atoms with van der Waals surface area (Å²) in [6.45, 7) is 2.09. The van der Waals surface area contributed by atoms with Gasteiger partial charge < -0.3 is 9.84 Å². The van der Waals surface area contributed by atoms with Crippen molar-refractivity contribution in [3.8, 4) is 17.2 Å². The predicted octanol–water partition coefficient (Wildman–Crippen LogP) is 5.34. The number of aryl methyl sites for hydroxylation is 1. The second kappa shape index (κ2) is 12.1. The van der Waals surface area contributed by atoms with E-state index >= 15 is 0 Å². The number of hydrogen-bond acceptors (Lipinski definition) is 6. The highest BCUT2D eigenvalue weighted by Crippen LogP contribution is 2.40. The van der Waals surface area contributed by atoms with Gasteiger partial charge in [-0.15, -0.1) is 0 Å². The van der Waals surface area contributed by atoms with Gasteiger partial charge in [0.25, 0.3) is 5.56 Å². The number of carbonyl (C=O) groups is 1. The second-order valence-corrected chi connectivity index (χ2v) is 10.9. The summed E-state index contributed by atoms with van der Waals surface area (Å²) in [6, 6.07) is 17.7. The zero-order valence-corrected chi connectivity index (χ0v) is 23.5. The van der Waals surface area contributed by atoms with Gasteiger partial charge in [-0.3, -0.25) is 14.2 Å². The molecule has 0 radical (unpaired) electrons. The highest BCUT2D eigenvalue weighted by atomic mass is 16.5. The molecule has 1 fully saturated rings. The van der Waals surface area contributed by atoms with Crippen molar-refractivity contribution < 1.29 is 14.6 Å². The molecular formula is C32H35N5O4. The number of aromatic nitrogens is 4. The number of methoxy groups -OCH3 is 1. The summed E-state index contributed by atoms with van der Waals surface area (Å²) in [4.78, 5) is 29.9. The van der Waals surface area contributed by atoms with Crippen LogP contribution in [0.15, 0.2) is 59.7 Å². The van der Waals surface area contributed by atoms with Gasteiger partial charge in [0.05, 0.1) is 22.9 Å². The van der Waals surface area contributed by atoms with E-state index in [2.05, 4.69) is 23.1 Å². The average molecular weight is 554 g/mol. The molecule has 212 valence electrons. The minimum absolute atomic E-state index is 0.0479. The predicted molar refractivity (Wildman–Crippen MR) is 155 cm³/mol. The third kappa shape index (κ3) is 5.66. The fourth-order valence-corrected chi connectivity index (χ4v) is 6.19. The molecule has 2 aromatic heterocycles. The van der Waals surface area contributed by atoms with E-state index in [9.17, 15) is 20.0 Å². The number of hydrogen-bond donors (Lipinski definition) is 1. The summed E-state index contributed by atoms with van der Waals surface area (Å²) >= 11 is 0. The molecule has 9 nitrogen and oxygen atoms in total. The van der Waals surface area contributed by atoms with Crippen molar-refractivity contribution in [2.75, 3.05) is 7.11 Å². The van der Waals surface area contributed by atoms with Crippen molar-refractivity contribution >= 4 is 11.7 Å². The lowest BCUT2D eigenvalue weighted by Gasteiger charge is -2.39. The van der Waals surface area contributed by atoms with Crippen LogP contribution >= 0.6 is 0 Å². The first-order chi connectivity index (χ1) is 19.9. The number of nitriles is 1. The minimum atomic E-state index is -0.830. The Morgan fingerprint density at radius 3 is 2.56 bits per heavy atom. The largest absolute Gasteiger partial charge is 0.481 e. The van der Waals surface area contributed by atoms with Crippen LogP contribution in [0.4, 0.5) is 0 Å². The van der Waals surface area contributed by atoms with Crippen molar-refractivity contribution in [3.05, 3.63) is 87.6 Å². The Bertz CT molecular complexity index is 1640. The molecule has 41 heavy (non-hydrogen) atoms. The molecule has 1 N–H and O–H groups in total. The molecule has 5 rings (SSSR count). The molecule has 1 aliphatic rings. The highest BCUT2D eigenvalue weighted by molar-refractivity contribution is 5.70. The summed E-state index contributed by atoms with van der Waals surface area (Å²) in [5.41, 5.74) is 4.51. The van der Waals surface area contributed by atoms with Gasteiger partial charge in [-0.1, -0.05) is 55.8 Å². The number of nitrogens with zero attached hydrogens (tertiary/aromatic N) is 5. The zero-order chi connectivity index (χ0) is 29.0. The SMILES string of the molecule is CCCc1c(Cc2ccc(-c3ccccc3C#N)cc2)c(=O)n(C2CCC(CCC(=O)O)(OC)CC2)c2ncnn12. The van der Waals surface area contributed by atoms with E-state index in [1.54, 1.807) is 11.7 Å². The number of benzene rings is 2. The fraction of sp³-hybridized carbons (Fsp3) is 0.406. The molecule has 1 saturated carbocycles. The third-order valence-corrected chi connectivity index (χ3v) is 8.47. The smallest absolute Gasteiger partial charge is 0.303 e. The fourth-order valence-electron chi connectivity index (χ4n) is 6.19. The average Bonchev–Trinajstić information content (AvgIpc) is 3.48. The van der Waals surface area contributed by atoms with E-state index in [-0.39, 0.29) is 18.0 Å². The van der Waals surface area contributed by atoms with Crippen molar-refractivity contribution in [2.45, 2.75) is 76.4 Å². The summed E-state index contributed by atoms with van der Waals surface area (Å²) in [7, 11) is 1.65. The summed E-state index contributed by atoms with van der Waals surface area (Å²) in [6.07, 6.45) is 6.76. The van der Waals surface area contributed by atoms with Gasteiger partial charge in [0.1, 0.15) is 6.33 Å². The number of aliphatic carboxylic acids is 1. The van der Waals surface area contributed by atoms with Gasteiger partial charge in [0, 0.05) is 31.6 Å². The molecule has 0 unspecified atom stereocenters. The monoisotopic (exact) mass is 553 g/mol. The quantitative estimate of drug-likeness (QED) is 0.281. The van der Waals surface area contributed by atoms with Crippen molar-refractivity contribution in [3.63, 3.8) is 0 Å². The molecule has 0 bridgehead atoms. The highest BCUT2D eigenvalue weighted by Gasteiger charge is 2.37. The summed E-state index contributed by atoms with van der Waals surface area (Å²) < 4.78 is 9.45. The van der Waals surface area contributed by atoms with Crippen LogP contribution in [0.5, 0.6) is 0 Å². The van der Waals surface area contributed by atoms with Crippen LogP contribution in [-0.4, -0.2) is 43.0 Å². The van der Waals surface area contributed by atoms with Gasteiger partial charge in [-0.05, 0) is 61.3 Å². The van der Waals surface area contributed by atoms with Crippen LogP contribution < -0.4 is 5.56 Å². The topological polar surface area (TPSA) is 123 Å². The Labute approximate surface area is 239 Å². The van der Waals surface area contributed by atoms with Crippen LogP contribution in [0.25, 0.3) is 16.9 Å². The summed E-state index contributed by atoms with van der Waals surface area (Å²) in [5.74, 6) is -0.283. The van der Waals surface area contributed by atoms with Gasteiger partial charge in [-0.2, -0.15) is 15.3 Å². The minimum Gasteiger partial charge on any atom is -0.481 e. The Morgan fingerprint density at radius 1 is 1.17 bits per heavy atom. The van der Waals surface area contributed by atoms with Gasteiger partial charge >= 0.3 is 5.97 Å². The molecule has 9 heteroatoms. The van der Waals surface area contributed by atoms with Crippen LogP contribution in [-0.2, 0) is 22.4 Å². The first-order valence-electron chi connectivity index (χ1n) is 14.2. The van der Waals surface area contributed by atoms with Crippen LogP contribution in [0.2, 0.25) is 0 Å². The summed E-state index contributed by atoms with van der Waals surface area (Å²) in [5, 5.41) is 23.2. The lowest BCUT2D eigenvalue weighted by atomic mass is 9.79. The zero-order valence-electron chi connectivity index (χ0n) is 23.5. The Hall–Kier alpha value is -4.29. The Balaban J connectivity index is 1.49. The Morgan fingerprint density at radius 2 is 1.90 bits per heavy atom. The third-order valence-electron chi connectivity index (χ3n) is 8.47. The molecule has 4 aromatic rings. The van der Waals surface area contributed by atoms with Crippen LogP contribution in [0, 0.1) is 11.3 Å². The van der Waals surface area contributed by atoms with Gasteiger partial charge in [0.2, 0.25) is 5.78 Å². The standard InChI is InChI=1S/C32H35N5O4/c1-3-6-28-27(19-22-9-11-23(12-10-22)26-8-5-4-7-24(26)20-33)30(40)36(31-34-21-35-37(28)31)25-13-16-32(41-2,17-14-25)18-15-29(38)39/h4-5,7-12,21,25H,3,6,13-19H2,1-2H3,(H,38,39). The number of carboxylic acids is 1. The van der Waals surface area contributed by atoms with Crippen molar-refractivity contribution in [1.29, 1.82) is 5.26 Å². The molecule has 2 aromatic carbocycles. The molecule has 0 amide bonds. The molecular weight excluding hydrogens is 518 g/mol. The molecule has 1 aliphatic carbocycles. The maximum atomic E-state index is 14.2. The number of ether oxygens (including phenoxy) is 1. The second-order valence-electron chi connectivity index (χ2n) is 10.9. The van der Waals surface area contributed by atoms with Crippen molar-refractivity contribution in [2.24, 2.45) is 0 Å². The first kappa shape index (κ1) is 28.2. The lowest BCUT2D eigenvalue weighted by Crippen LogP contribution is -2.40. The van der Waals surface area contributed by atoms with Crippen LogP contribution in [0.1, 0.15) is 80.3 Å². The number of rotatable bonds is 10. The van der Waals surface area contributed by atoms with Crippen molar-refractivity contribution in [1.82, 2.24) is 19.2 Å². The van der Waals surface area contributed by atoms with E-state index in [4.69, 9.17) is 4.74 Å². The maximum absolute atomic E-state index is 14.2. The van der Waals surface area contributed by atoms with Gasteiger partial charge in [-0.25, -0.2) is 4.52 Å². The molecule has 2 heterocycles. The Kier molecular flexibility index (Phi) is 8.31. The maximum Gasteiger partial charge on any atom is 0.303 e. The van der Waals surface area contributed by atoms with E-state index in [1.165, 1.54) is 6.33 Å². The normalized spacial score (nSPS) is 18.8. The van der Waals surface area contributed by atoms with E-state index in [0.717, 1.165) is 28.8 Å². The lowest BCUT2D eigenvalue weighted by molar-refractivity contribution is -0.139. The van der Waals surface area contributed by atoms with E-state index < -0.39 is 11.6 Å². The number of fused-ring (bicyclic) bond motifs is 1. The molecule has 0 atom stereocenters. The molecule has 0 spiro atoms. The number of carboxylic acid groups (broad SMARTS) is 1. The molecule has 0 aliphatic heterocycles. The first-order valence-corrected chi connectivity index (χ1v) is 14.2. The van der Waals surface area contributed by atoms with Gasteiger partial charge in [0.15, 0.2) is 0 Å². The molecule has 0 saturated heterocycles.